The normalized spacial score (nSPS) is 18.6. The molecule has 6 heteroatoms. The van der Waals surface area contributed by atoms with Crippen molar-refractivity contribution in [3.63, 3.8) is 0 Å². The second-order valence-electron chi connectivity index (χ2n) is 5.45. The van der Waals surface area contributed by atoms with E-state index >= 15 is 0 Å². The van der Waals surface area contributed by atoms with Crippen LogP contribution >= 0.6 is 0 Å². The van der Waals surface area contributed by atoms with Crippen LogP contribution in [0.3, 0.4) is 0 Å². The number of nitrogens with two attached hydrogens (primary N) is 1. The lowest BCUT2D eigenvalue weighted by atomic mass is 10.1. The number of aromatic nitrogens is 3. The molecule has 0 saturated carbocycles. The first kappa shape index (κ1) is 13.1. The van der Waals surface area contributed by atoms with Gasteiger partial charge in [0.25, 0.3) is 0 Å². The Morgan fingerprint density at radius 3 is 2.95 bits per heavy atom. The van der Waals surface area contributed by atoms with E-state index in [-0.39, 0.29) is 0 Å². The molecule has 4 N–H and O–H groups in total. The summed E-state index contributed by atoms with van der Waals surface area (Å²) in [5.74, 6) is 1.69. The molecular formula is C14H20N6. The summed E-state index contributed by atoms with van der Waals surface area (Å²) in [6.07, 6.45) is 1.19. The minimum absolute atomic E-state index is 0.493. The summed E-state index contributed by atoms with van der Waals surface area (Å²) in [6, 6.07) is 2.00. The number of nitrogen functional groups attached to an aromatic ring is 1. The molecule has 1 atom stereocenters. The summed E-state index contributed by atoms with van der Waals surface area (Å²) in [5, 5.41) is 7.47. The molecule has 20 heavy (non-hydrogen) atoms. The summed E-state index contributed by atoms with van der Waals surface area (Å²) in [7, 11) is 0. The number of hydrogen-bond donors (Lipinski definition) is 3. The molecule has 0 radical (unpaired) electrons. The van der Waals surface area contributed by atoms with Gasteiger partial charge in [-0.1, -0.05) is 0 Å². The van der Waals surface area contributed by atoms with Gasteiger partial charge in [-0.05, 0) is 50.9 Å². The fraction of sp³-hybridized carbons (Fsp3) is 0.500. The first-order valence-corrected chi connectivity index (χ1v) is 6.99. The molecule has 0 bridgehead atoms. The van der Waals surface area contributed by atoms with Gasteiger partial charge in [-0.3, -0.25) is 0 Å². The van der Waals surface area contributed by atoms with E-state index in [2.05, 4.69) is 25.6 Å². The SMILES string of the molecule is Cc1cc(C)c2c(N)nc(NCC3CCNC3)nc2n1. The fourth-order valence-corrected chi connectivity index (χ4v) is 2.71. The van der Waals surface area contributed by atoms with Crippen molar-refractivity contribution in [3.8, 4) is 0 Å². The summed E-state index contributed by atoms with van der Waals surface area (Å²) < 4.78 is 0. The van der Waals surface area contributed by atoms with Gasteiger partial charge in [0.15, 0.2) is 5.65 Å². The van der Waals surface area contributed by atoms with E-state index in [9.17, 15) is 0 Å². The first-order chi connectivity index (χ1) is 9.63. The van der Waals surface area contributed by atoms with Gasteiger partial charge in [0.2, 0.25) is 5.95 Å². The summed E-state index contributed by atoms with van der Waals surface area (Å²) in [4.78, 5) is 13.3. The minimum atomic E-state index is 0.493. The van der Waals surface area contributed by atoms with E-state index in [0.717, 1.165) is 36.3 Å². The lowest BCUT2D eigenvalue weighted by Crippen LogP contribution is -2.18. The maximum absolute atomic E-state index is 6.05. The number of nitrogens with zero attached hydrogens (tertiary/aromatic N) is 3. The zero-order valence-electron chi connectivity index (χ0n) is 11.9. The number of hydrogen-bond acceptors (Lipinski definition) is 6. The second-order valence-corrected chi connectivity index (χ2v) is 5.45. The van der Waals surface area contributed by atoms with Crippen molar-refractivity contribution in [3.05, 3.63) is 17.3 Å². The smallest absolute Gasteiger partial charge is 0.226 e. The average molecular weight is 272 g/mol. The summed E-state index contributed by atoms with van der Waals surface area (Å²) in [5.41, 5.74) is 8.73. The highest BCUT2D eigenvalue weighted by Gasteiger charge is 2.15. The Labute approximate surface area is 118 Å². The van der Waals surface area contributed by atoms with Gasteiger partial charge in [0.1, 0.15) is 5.82 Å². The molecule has 1 aliphatic rings. The van der Waals surface area contributed by atoms with Crippen molar-refractivity contribution < 1.29 is 0 Å². The molecule has 106 valence electrons. The molecule has 3 heterocycles. The maximum Gasteiger partial charge on any atom is 0.226 e. The summed E-state index contributed by atoms with van der Waals surface area (Å²) in [6.45, 7) is 6.97. The maximum atomic E-state index is 6.05. The van der Waals surface area contributed by atoms with Crippen molar-refractivity contribution >= 4 is 22.8 Å². The molecule has 0 spiro atoms. The monoisotopic (exact) mass is 272 g/mol. The van der Waals surface area contributed by atoms with Crippen LogP contribution in [-0.2, 0) is 0 Å². The fourth-order valence-electron chi connectivity index (χ4n) is 2.71. The highest BCUT2D eigenvalue weighted by molar-refractivity contribution is 5.89. The van der Waals surface area contributed by atoms with Crippen molar-refractivity contribution in [2.24, 2.45) is 5.92 Å². The molecule has 1 unspecified atom stereocenters. The highest BCUT2D eigenvalue weighted by Crippen LogP contribution is 2.22. The van der Waals surface area contributed by atoms with Crippen molar-refractivity contribution in [2.45, 2.75) is 20.3 Å². The third kappa shape index (κ3) is 2.51. The van der Waals surface area contributed by atoms with E-state index in [1.54, 1.807) is 0 Å². The largest absolute Gasteiger partial charge is 0.383 e. The Morgan fingerprint density at radius 2 is 2.20 bits per heavy atom. The van der Waals surface area contributed by atoms with Gasteiger partial charge in [0, 0.05) is 12.2 Å². The molecule has 0 aromatic carbocycles. The predicted molar refractivity (Wildman–Crippen MR) is 80.7 cm³/mol. The standard InChI is InChI=1S/C14H20N6/c1-8-5-9(2)18-13-11(8)12(15)19-14(20-13)17-7-10-3-4-16-6-10/h5,10,16H,3-4,6-7H2,1-2H3,(H3,15,17,18,19,20). The van der Waals surface area contributed by atoms with Crippen LogP contribution < -0.4 is 16.4 Å². The molecule has 1 aliphatic heterocycles. The third-order valence-electron chi connectivity index (χ3n) is 3.73. The first-order valence-electron chi connectivity index (χ1n) is 6.99. The van der Waals surface area contributed by atoms with Crippen molar-refractivity contribution in [1.29, 1.82) is 0 Å². The van der Waals surface area contributed by atoms with Crippen LogP contribution in [0, 0.1) is 19.8 Å². The average Bonchev–Trinajstić information content (AvgIpc) is 2.88. The van der Waals surface area contributed by atoms with Crippen LogP contribution in [0.25, 0.3) is 11.0 Å². The molecule has 3 rings (SSSR count). The predicted octanol–water partition coefficient (Wildman–Crippen LogP) is 1.25. The van der Waals surface area contributed by atoms with Gasteiger partial charge in [-0.15, -0.1) is 0 Å². The zero-order valence-corrected chi connectivity index (χ0v) is 11.9. The molecule has 2 aromatic rings. The molecule has 6 nitrogen and oxygen atoms in total. The van der Waals surface area contributed by atoms with E-state index in [0.29, 0.717) is 23.3 Å². The van der Waals surface area contributed by atoms with E-state index in [1.165, 1.54) is 6.42 Å². The Balaban J connectivity index is 1.88. The quantitative estimate of drug-likeness (QED) is 0.779. The Morgan fingerprint density at radius 1 is 1.35 bits per heavy atom. The van der Waals surface area contributed by atoms with Crippen molar-refractivity contribution in [1.82, 2.24) is 20.3 Å². The molecule has 1 saturated heterocycles. The number of aryl methyl sites for hydroxylation is 2. The number of rotatable bonds is 3. The van der Waals surface area contributed by atoms with E-state index < -0.39 is 0 Å². The van der Waals surface area contributed by atoms with E-state index in [4.69, 9.17) is 5.73 Å². The summed E-state index contributed by atoms with van der Waals surface area (Å²) >= 11 is 0. The Hall–Kier alpha value is -1.95. The molecular weight excluding hydrogens is 252 g/mol. The van der Waals surface area contributed by atoms with Crippen LogP contribution in [0.5, 0.6) is 0 Å². The van der Waals surface area contributed by atoms with Gasteiger partial charge in [0.05, 0.1) is 5.39 Å². The number of fused-ring (bicyclic) bond motifs is 1. The zero-order chi connectivity index (χ0) is 14.1. The molecule has 0 amide bonds. The Kier molecular flexibility index (Phi) is 3.40. The third-order valence-corrected chi connectivity index (χ3v) is 3.73. The lowest BCUT2D eigenvalue weighted by molar-refractivity contribution is 0.613. The van der Waals surface area contributed by atoms with Crippen LogP contribution in [0.2, 0.25) is 0 Å². The van der Waals surface area contributed by atoms with Crippen LogP contribution in [0.4, 0.5) is 11.8 Å². The van der Waals surface area contributed by atoms with Crippen LogP contribution in [0.1, 0.15) is 17.7 Å². The van der Waals surface area contributed by atoms with E-state index in [1.807, 2.05) is 19.9 Å². The highest BCUT2D eigenvalue weighted by atomic mass is 15.1. The van der Waals surface area contributed by atoms with Gasteiger partial charge < -0.3 is 16.4 Å². The van der Waals surface area contributed by atoms with Gasteiger partial charge in [-0.25, -0.2) is 4.98 Å². The lowest BCUT2D eigenvalue weighted by Gasteiger charge is -2.12. The molecule has 1 fully saturated rings. The van der Waals surface area contributed by atoms with Crippen LogP contribution in [-0.4, -0.2) is 34.6 Å². The topological polar surface area (TPSA) is 88.8 Å². The van der Waals surface area contributed by atoms with Crippen molar-refractivity contribution in [2.75, 3.05) is 30.7 Å². The van der Waals surface area contributed by atoms with Gasteiger partial charge in [-0.2, -0.15) is 9.97 Å². The van der Waals surface area contributed by atoms with Gasteiger partial charge >= 0.3 is 0 Å². The second kappa shape index (κ2) is 5.20. The minimum Gasteiger partial charge on any atom is -0.383 e. The number of anilines is 2. The number of pyridine rings is 1. The van der Waals surface area contributed by atoms with Crippen LogP contribution in [0.15, 0.2) is 6.07 Å². The molecule has 2 aromatic heterocycles. The molecule has 0 aliphatic carbocycles. The Bertz CT molecular complexity index is 633. The number of nitrogens with one attached hydrogen (secondary N) is 2.